The van der Waals surface area contributed by atoms with Gasteiger partial charge < -0.3 is 20.7 Å². The van der Waals surface area contributed by atoms with Crippen molar-refractivity contribution in [1.82, 2.24) is 10.6 Å². The minimum absolute atomic E-state index is 0. The van der Waals surface area contributed by atoms with Crippen molar-refractivity contribution in [2.24, 2.45) is 34.5 Å². The first-order chi connectivity index (χ1) is 19.2. The van der Waals surface area contributed by atoms with Crippen molar-refractivity contribution in [3.8, 4) is 0 Å². The van der Waals surface area contributed by atoms with Gasteiger partial charge in [0.1, 0.15) is 6.04 Å². The summed E-state index contributed by atoms with van der Waals surface area (Å²) in [4.78, 5) is 26.4. The van der Waals surface area contributed by atoms with Crippen molar-refractivity contribution < 1.29 is 22.5 Å². The van der Waals surface area contributed by atoms with Crippen molar-refractivity contribution in [2.75, 3.05) is 0 Å². The predicted octanol–water partition coefficient (Wildman–Crippen LogP) is 4.53. The first kappa shape index (κ1) is 27.5. The number of hydrogen-bond acceptors (Lipinski definition) is 4. The van der Waals surface area contributed by atoms with Crippen LogP contribution in [0.15, 0.2) is 54.6 Å². The SMILES string of the molecule is CC(C)C[C@H](NC(=O)[C@H](Cc1ccccc1)NC(=O)C1CCCc2ccccc21)B(O)O.CC12CCC3C4[C@H]1C342.[HH].[HH]. The fourth-order valence-electron chi connectivity index (χ4n) is 8.82. The Bertz CT molecular complexity index is 1270. The van der Waals surface area contributed by atoms with E-state index in [1.807, 2.05) is 62.4 Å². The second-order valence-corrected chi connectivity index (χ2v) is 13.6. The highest BCUT2D eigenvalue weighted by molar-refractivity contribution is 6.43. The van der Waals surface area contributed by atoms with Crippen LogP contribution >= 0.6 is 0 Å². The monoisotopic (exact) mass is 546 g/mol. The molecule has 7 heteroatoms. The molecule has 6 nitrogen and oxygen atoms in total. The van der Waals surface area contributed by atoms with Crippen LogP contribution in [0.3, 0.4) is 0 Å². The quantitative estimate of drug-likeness (QED) is 0.348. The molecule has 4 N–H and O–H groups in total. The Morgan fingerprint density at radius 2 is 1.77 bits per heavy atom. The normalized spacial score (nSPS) is 32.8. The van der Waals surface area contributed by atoms with Crippen LogP contribution in [0, 0.1) is 34.5 Å². The van der Waals surface area contributed by atoms with Gasteiger partial charge in [-0.15, -0.1) is 0 Å². The van der Waals surface area contributed by atoms with Crippen molar-refractivity contribution in [3.05, 3.63) is 71.3 Å². The summed E-state index contributed by atoms with van der Waals surface area (Å²) in [5, 5.41) is 25.2. The van der Waals surface area contributed by atoms with E-state index in [4.69, 9.17) is 0 Å². The molecule has 1 spiro atoms. The molecule has 0 aliphatic heterocycles. The van der Waals surface area contributed by atoms with E-state index in [1.165, 1.54) is 23.3 Å². The van der Waals surface area contributed by atoms with Crippen LogP contribution < -0.4 is 10.6 Å². The number of fused-ring (bicyclic) bond motifs is 4. The zero-order valence-electron chi connectivity index (χ0n) is 24.0. The minimum Gasteiger partial charge on any atom is -0.426 e. The smallest absolute Gasteiger partial charge is 0.426 e. The topological polar surface area (TPSA) is 98.7 Å². The molecule has 0 aromatic heterocycles. The highest BCUT2D eigenvalue weighted by Gasteiger charge is 3.09. The van der Waals surface area contributed by atoms with Gasteiger partial charge in [0.05, 0.1) is 11.9 Å². The fourth-order valence-corrected chi connectivity index (χ4v) is 8.82. The molecule has 0 heterocycles. The number of amides is 2. The van der Waals surface area contributed by atoms with E-state index in [2.05, 4.69) is 23.6 Å². The van der Waals surface area contributed by atoms with E-state index in [-0.39, 0.29) is 20.6 Å². The Morgan fingerprint density at radius 3 is 2.35 bits per heavy atom. The Hall–Kier alpha value is -2.64. The standard InChI is InChI=1S/C25H33BN2O4.C8H10.2H2/c1-17(2)15-23(26(31)32)28-25(30)22(16-18-9-4-3-5-10-18)27-24(29)21-14-8-12-19-11-6-7-13-20(19)21;1-7-3-2-4-5-6(7)8(4,5)7;;/h3-7,9-11,13,17,21-23,31-32H,8,12,14-16H2,1-2H3,(H,27,29)(H,28,30);4-6H,2-3H2,1H3;2*1H/t21?,22-,23-;4?,5?,6-,7?,8?;;/m01../s1. The second-order valence-electron chi connectivity index (χ2n) is 13.6. The molecule has 2 aromatic rings. The van der Waals surface area contributed by atoms with Gasteiger partial charge in [0.25, 0.3) is 0 Å². The lowest BCUT2D eigenvalue weighted by Crippen LogP contribution is -2.55. The second kappa shape index (κ2) is 10.3. The van der Waals surface area contributed by atoms with E-state index < -0.39 is 25.0 Å². The number of aryl methyl sites for hydroxylation is 1. The van der Waals surface area contributed by atoms with Crippen LogP contribution in [-0.4, -0.2) is 41.0 Å². The summed E-state index contributed by atoms with van der Waals surface area (Å²) < 4.78 is 0. The van der Waals surface area contributed by atoms with E-state index in [0.717, 1.165) is 41.2 Å². The molecule has 5 aliphatic carbocycles. The van der Waals surface area contributed by atoms with Crippen molar-refractivity contribution in [2.45, 2.75) is 83.6 Å². The Labute approximate surface area is 241 Å². The van der Waals surface area contributed by atoms with Crippen LogP contribution in [0.1, 0.15) is 78.3 Å². The first-order valence-corrected chi connectivity index (χ1v) is 15.3. The van der Waals surface area contributed by atoms with E-state index in [9.17, 15) is 19.6 Å². The largest absolute Gasteiger partial charge is 0.475 e. The van der Waals surface area contributed by atoms with Gasteiger partial charge in [-0.2, -0.15) is 0 Å². The van der Waals surface area contributed by atoms with Crippen molar-refractivity contribution >= 4 is 18.9 Å². The number of rotatable bonds is 9. The molecule has 216 valence electrons. The maximum absolute atomic E-state index is 13.3. The molecule has 0 saturated heterocycles. The van der Waals surface area contributed by atoms with Crippen LogP contribution in [0.2, 0.25) is 0 Å². The number of carbonyl (C=O) groups excluding carboxylic acids is 2. The lowest BCUT2D eigenvalue weighted by molar-refractivity contribution is -0.130. The maximum Gasteiger partial charge on any atom is 0.475 e. The van der Waals surface area contributed by atoms with Gasteiger partial charge in [-0.05, 0) is 89.7 Å². The van der Waals surface area contributed by atoms with Crippen molar-refractivity contribution in [1.29, 1.82) is 0 Å². The van der Waals surface area contributed by atoms with Gasteiger partial charge in [-0.25, -0.2) is 0 Å². The summed E-state index contributed by atoms with van der Waals surface area (Å²) in [6.45, 7) is 6.41. The lowest BCUT2D eigenvalue weighted by Gasteiger charge is -2.28. The molecule has 40 heavy (non-hydrogen) atoms. The molecule has 5 unspecified atom stereocenters. The first-order valence-electron chi connectivity index (χ1n) is 15.3. The molecule has 4 fully saturated rings. The predicted molar refractivity (Wildman–Crippen MR) is 160 cm³/mol. The van der Waals surface area contributed by atoms with Gasteiger partial charge in [0.15, 0.2) is 0 Å². The highest BCUT2D eigenvalue weighted by Crippen LogP contribution is 3.13. The summed E-state index contributed by atoms with van der Waals surface area (Å²) in [5.74, 6) is 2.33. The number of hydrogen-bond donors (Lipinski definition) is 4. The molecule has 2 amide bonds. The van der Waals surface area contributed by atoms with Crippen LogP contribution in [0.4, 0.5) is 0 Å². The lowest BCUT2D eigenvalue weighted by atomic mass is 9.75. The molecule has 0 bridgehead atoms. The van der Waals surface area contributed by atoms with Gasteiger partial charge in [-0.1, -0.05) is 75.4 Å². The van der Waals surface area contributed by atoms with Gasteiger partial charge in [0.2, 0.25) is 11.8 Å². The van der Waals surface area contributed by atoms with Crippen LogP contribution in [0.5, 0.6) is 0 Å². The Morgan fingerprint density at radius 1 is 1.05 bits per heavy atom. The van der Waals surface area contributed by atoms with Gasteiger partial charge in [0, 0.05) is 9.27 Å². The Balaban J connectivity index is 0.000000335. The average molecular weight is 547 g/mol. The van der Waals surface area contributed by atoms with Crippen LogP contribution in [-0.2, 0) is 22.4 Å². The summed E-state index contributed by atoms with van der Waals surface area (Å²) in [5.41, 5.74) is 5.11. The maximum atomic E-state index is 13.3. The van der Waals surface area contributed by atoms with Gasteiger partial charge in [-0.3, -0.25) is 9.59 Å². The Kier molecular flexibility index (Phi) is 7.11. The minimum atomic E-state index is -1.67. The molecule has 2 aromatic carbocycles. The molecule has 8 atom stereocenters. The summed E-state index contributed by atoms with van der Waals surface area (Å²) in [7, 11) is -1.67. The third kappa shape index (κ3) is 4.59. The third-order valence-electron chi connectivity index (χ3n) is 10.8. The summed E-state index contributed by atoms with van der Waals surface area (Å²) >= 11 is 0. The molecular formula is C33H47BN2O4. The zero-order valence-corrected chi connectivity index (χ0v) is 24.0. The number of nitrogens with one attached hydrogen (secondary N) is 2. The van der Waals surface area contributed by atoms with Gasteiger partial charge >= 0.3 is 7.12 Å². The van der Waals surface area contributed by atoms with Crippen molar-refractivity contribution in [3.63, 3.8) is 0 Å². The van der Waals surface area contributed by atoms with Crippen LogP contribution in [0.25, 0.3) is 0 Å². The van der Waals surface area contributed by atoms with E-state index >= 15 is 0 Å². The van der Waals surface area contributed by atoms with E-state index in [1.54, 1.807) is 12.8 Å². The number of carbonyl (C=O) groups is 2. The molecular weight excluding hydrogens is 499 g/mol. The zero-order chi connectivity index (χ0) is 28.2. The third-order valence-corrected chi connectivity index (χ3v) is 10.8. The number of benzene rings is 2. The summed E-state index contributed by atoms with van der Waals surface area (Å²) in [6.07, 6.45) is 6.55. The molecule has 7 rings (SSSR count). The molecule has 4 saturated carbocycles. The average Bonchev–Trinajstić information content (AvgIpc) is 3.87. The summed E-state index contributed by atoms with van der Waals surface area (Å²) in [6, 6.07) is 16.7. The molecule has 0 radical (unpaired) electrons. The van der Waals surface area contributed by atoms with E-state index in [0.29, 0.717) is 12.8 Å². The highest BCUT2D eigenvalue weighted by atomic mass is 16.4. The fraction of sp³-hybridized carbons (Fsp3) is 0.576. The molecule has 5 aliphatic rings.